The van der Waals surface area contributed by atoms with E-state index in [0.717, 1.165) is 0 Å². The van der Waals surface area contributed by atoms with Gasteiger partial charge in [0, 0.05) is 5.69 Å². The van der Waals surface area contributed by atoms with Gasteiger partial charge < -0.3 is 15.7 Å². The highest BCUT2D eigenvalue weighted by Gasteiger charge is 2.19. The third kappa shape index (κ3) is 5.53. The summed E-state index contributed by atoms with van der Waals surface area (Å²) in [5.74, 6) is -0.461. The molecule has 0 unspecified atom stereocenters. The maximum absolute atomic E-state index is 11.8. The van der Waals surface area contributed by atoms with Crippen molar-refractivity contribution >= 4 is 41.1 Å². The monoisotopic (exact) mass is 327 g/mol. The van der Waals surface area contributed by atoms with Crippen LogP contribution in [0.3, 0.4) is 0 Å². The van der Waals surface area contributed by atoms with E-state index in [4.69, 9.17) is 22.0 Å². The van der Waals surface area contributed by atoms with Crippen LogP contribution in [0.4, 0.5) is 10.5 Å². The average Bonchev–Trinajstić information content (AvgIpc) is 2.43. The minimum Gasteiger partial charge on any atom is -0.480 e. The Morgan fingerprint density at radius 1 is 1.52 bits per heavy atom. The van der Waals surface area contributed by atoms with E-state index in [9.17, 15) is 9.59 Å². The van der Waals surface area contributed by atoms with Gasteiger partial charge in [0.15, 0.2) is 0 Å². The van der Waals surface area contributed by atoms with Crippen LogP contribution in [0, 0.1) is 11.3 Å². The number of carboxylic acid groups (broad SMARTS) is 1. The predicted octanol–water partition coefficient (Wildman–Crippen LogP) is 2.54. The number of carbonyl (C=O) groups is 2. The van der Waals surface area contributed by atoms with Crippen molar-refractivity contribution in [2.45, 2.75) is 12.5 Å². The normalized spacial score (nSPS) is 11.3. The van der Waals surface area contributed by atoms with Crippen molar-refractivity contribution in [3.05, 3.63) is 28.8 Å². The van der Waals surface area contributed by atoms with E-state index in [1.54, 1.807) is 0 Å². The van der Waals surface area contributed by atoms with Crippen LogP contribution in [0.15, 0.2) is 18.2 Å². The summed E-state index contributed by atoms with van der Waals surface area (Å²) >= 11 is 7.35. The number of hydrogen-bond acceptors (Lipinski definition) is 4. The third-order valence-corrected chi connectivity index (χ3v) is 3.52. The number of urea groups is 1. The zero-order valence-corrected chi connectivity index (χ0v) is 12.8. The van der Waals surface area contributed by atoms with Crippen LogP contribution < -0.4 is 10.6 Å². The molecule has 112 valence electrons. The van der Waals surface area contributed by atoms with Gasteiger partial charge in [-0.3, -0.25) is 0 Å². The predicted molar refractivity (Wildman–Crippen MR) is 82.7 cm³/mol. The molecule has 0 radical (unpaired) electrons. The van der Waals surface area contributed by atoms with Crippen LogP contribution >= 0.6 is 23.4 Å². The van der Waals surface area contributed by atoms with Crippen molar-refractivity contribution in [3.63, 3.8) is 0 Å². The van der Waals surface area contributed by atoms with Gasteiger partial charge in [0.1, 0.15) is 12.1 Å². The molecule has 3 N–H and O–H groups in total. The lowest BCUT2D eigenvalue weighted by Crippen LogP contribution is -2.43. The fourth-order valence-corrected chi connectivity index (χ4v) is 2.20. The number of nitriles is 1. The van der Waals surface area contributed by atoms with Crippen molar-refractivity contribution in [2.75, 3.05) is 17.3 Å². The second-order valence-electron chi connectivity index (χ2n) is 4.08. The molecule has 0 aliphatic carbocycles. The molecule has 0 aromatic heterocycles. The van der Waals surface area contributed by atoms with Crippen LogP contribution in [0.2, 0.25) is 5.02 Å². The quantitative estimate of drug-likeness (QED) is 0.745. The van der Waals surface area contributed by atoms with Crippen molar-refractivity contribution in [1.29, 1.82) is 5.26 Å². The van der Waals surface area contributed by atoms with Crippen LogP contribution in [0.1, 0.15) is 12.0 Å². The molecule has 21 heavy (non-hydrogen) atoms. The Hall–Kier alpha value is -1.91. The van der Waals surface area contributed by atoms with Crippen molar-refractivity contribution < 1.29 is 14.7 Å². The summed E-state index contributed by atoms with van der Waals surface area (Å²) in [6.07, 6.45) is 2.19. The van der Waals surface area contributed by atoms with Crippen LogP contribution in [0.5, 0.6) is 0 Å². The Labute approximate surface area is 131 Å². The Morgan fingerprint density at radius 3 is 2.76 bits per heavy atom. The number of rotatable bonds is 6. The fraction of sp³-hybridized carbons (Fsp3) is 0.308. The van der Waals surface area contributed by atoms with E-state index >= 15 is 0 Å². The van der Waals surface area contributed by atoms with Gasteiger partial charge in [-0.1, -0.05) is 11.6 Å². The first kappa shape index (κ1) is 17.1. The van der Waals surface area contributed by atoms with Gasteiger partial charge in [-0.2, -0.15) is 17.0 Å². The molecule has 6 nitrogen and oxygen atoms in total. The molecule has 0 spiro atoms. The second-order valence-corrected chi connectivity index (χ2v) is 5.47. The lowest BCUT2D eigenvalue weighted by molar-refractivity contribution is -0.139. The highest BCUT2D eigenvalue weighted by molar-refractivity contribution is 7.98. The van der Waals surface area contributed by atoms with Gasteiger partial charge in [-0.15, -0.1) is 0 Å². The molecule has 1 aromatic rings. The van der Waals surface area contributed by atoms with Crippen LogP contribution in [-0.2, 0) is 4.79 Å². The largest absolute Gasteiger partial charge is 0.480 e. The molecular weight excluding hydrogens is 314 g/mol. The molecule has 0 aliphatic rings. The minimum absolute atomic E-state index is 0.215. The summed E-state index contributed by atoms with van der Waals surface area (Å²) in [4.78, 5) is 22.8. The van der Waals surface area contributed by atoms with Crippen molar-refractivity contribution in [1.82, 2.24) is 5.32 Å². The van der Waals surface area contributed by atoms with E-state index in [0.29, 0.717) is 23.4 Å². The Kier molecular flexibility index (Phi) is 6.85. The van der Waals surface area contributed by atoms with Gasteiger partial charge in [0.25, 0.3) is 0 Å². The zero-order chi connectivity index (χ0) is 15.8. The summed E-state index contributed by atoms with van der Waals surface area (Å²) in [7, 11) is 0. The summed E-state index contributed by atoms with van der Waals surface area (Å²) in [5.41, 5.74) is 0.677. The number of aliphatic carboxylic acids is 1. The van der Waals surface area contributed by atoms with E-state index in [2.05, 4.69) is 10.6 Å². The molecule has 1 atom stereocenters. The molecule has 2 amide bonds. The Balaban J connectivity index is 2.66. The molecule has 0 saturated carbocycles. The lowest BCUT2D eigenvalue weighted by atomic mass is 10.2. The third-order valence-electron chi connectivity index (χ3n) is 2.56. The molecule has 8 heteroatoms. The number of nitrogens with zero attached hydrogens (tertiary/aromatic N) is 1. The SMILES string of the molecule is CSCC[C@@H](NC(=O)Nc1ccc(C#N)c(Cl)c1)C(=O)O. The second kappa shape index (κ2) is 8.39. The topological polar surface area (TPSA) is 102 Å². The van der Waals surface area contributed by atoms with E-state index < -0.39 is 18.0 Å². The highest BCUT2D eigenvalue weighted by Crippen LogP contribution is 2.20. The van der Waals surface area contributed by atoms with Crippen LogP contribution in [0.25, 0.3) is 0 Å². The summed E-state index contributed by atoms with van der Waals surface area (Å²) in [5, 5.41) is 22.8. The number of amides is 2. The fourth-order valence-electron chi connectivity index (χ4n) is 1.50. The smallest absolute Gasteiger partial charge is 0.326 e. The molecule has 0 fully saturated rings. The van der Waals surface area contributed by atoms with Gasteiger partial charge >= 0.3 is 12.0 Å². The molecule has 0 aliphatic heterocycles. The van der Waals surface area contributed by atoms with E-state index in [-0.39, 0.29) is 5.02 Å². The van der Waals surface area contributed by atoms with Gasteiger partial charge in [0.05, 0.1) is 10.6 Å². The van der Waals surface area contributed by atoms with Crippen LogP contribution in [-0.4, -0.2) is 35.2 Å². The number of carboxylic acids is 1. The molecule has 1 aromatic carbocycles. The van der Waals surface area contributed by atoms with Gasteiger partial charge in [-0.05, 0) is 36.6 Å². The number of nitrogens with one attached hydrogen (secondary N) is 2. The summed E-state index contributed by atoms with van der Waals surface area (Å²) < 4.78 is 0. The average molecular weight is 328 g/mol. The van der Waals surface area contributed by atoms with E-state index in [1.165, 1.54) is 30.0 Å². The number of benzene rings is 1. The molecule has 0 bridgehead atoms. The maximum atomic E-state index is 11.8. The standard InChI is InChI=1S/C13H14ClN3O3S/c1-21-5-4-11(12(18)19)17-13(20)16-9-3-2-8(7-15)10(14)6-9/h2-3,6,11H,4-5H2,1H3,(H,18,19)(H2,16,17,20)/t11-/m1/s1. The number of halogens is 1. The first-order valence-electron chi connectivity index (χ1n) is 5.96. The summed E-state index contributed by atoms with van der Waals surface area (Å²) in [6, 6.07) is 4.73. The van der Waals surface area contributed by atoms with Gasteiger partial charge in [0.2, 0.25) is 0 Å². The number of anilines is 1. The Bertz CT molecular complexity index is 574. The molecular formula is C13H14ClN3O3S. The maximum Gasteiger partial charge on any atom is 0.326 e. The molecule has 1 rings (SSSR count). The van der Waals surface area contributed by atoms with Gasteiger partial charge in [-0.25, -0.2) is 9.59 Å². The number of carbonyl (C=O) groups excluding carboxylic acids is 1. The van der Waals surface area contributed by atoms with E-state index in [1.807, 2.05) is 12.3 Å². The number of thioether (sulfide) groups is 1. The lowest BCUT2D eigenvalue weighted by Gasteiger charge is -2.14. The summed E-state index contributed by atoms with van der Waals surface area (Å²) in [6.45, 7) is 0. The first-order valence-corrected chi connectivity index (χ1v) is 7.74. The number of hydrogen-bond donors (Lipinski definition) is 3. The van der Waals surface area contributed by atoms with Crippen molar-refractivity contribution in [2.24, 2.45) is 0 Å². The van der Waals surface area contributed by atoms with Crippen molar-refractivity contribution in [3.8, 4) is 6.07 Å². The molecule has 0 saturated heterocycles. The Morgan fingerprint density at radius 2 is 2.24 bits per heavy atom. The highest BCUT2D eigenvalue weighted by atomic mass is 35.5. The first-order chi connectivity index (χ1) is 9.97. The molecule has 0 heterocycles. The minimum atomic E-state index is -1.09. The zero-order valence-electron chi connectivity index (χ0n) is 11.2.